The van der Waals surface area contributed by atoms with Crippen LogP contribution in [0.5, 0.6) is 0 Å². The van der Waals surface area contributed by atoms with E-state index in [1.807, 2.05) is 0 Å². The molecule has 0 bridgehead atoms. The molecular weight excluding hydrogens is 138 g/mol. The first-order chi connectivity index (χ1) is 4.22. The van der Waals surface area contributed by atoms with E-state index in [-0.39, 0.29) is 5.91 Å². The highest BCUT2D eigenvalue weighted by atomic mass is 32.2. The van der Waals surface area contributed by atoms with Crippen LogP contribution in [0.3, 0.4) is 0 Å². The van der Waals surface area contributed by atoms with Crippen molar-refractivity contribution in [3.05, 3.63) is 0 Å². The zero-order valence-electron chi connectivity index (χ0n) is 5.38. The minimum absolute atomic E-state index is 0.238. The maximum Gasteiger partial charge on any atom is 0.239 e. The van der Waals surface area contributed by atoms with Gasteiger partial charge in [0.05, 0.1) is 5.92 Å². The molecule has 0 rings (SSSR count). The average Bonchev–Trinajstić information content (AvgIpc) is 1.87. The van der Waals surface area contributed by atoms with Gasteiger partial charge in [0.25, 0.3) is 0 Å². The molecule has 9 heavy (non-hydrogen) atoms. The lowest BCUT2D eigenvalue weighted by Gasteiger charge is -2.00. The maximum atomic E-state index is 10.6. The van der Waals surface area contributed by atoms with Crippen molar-refractivity contribution in [2.24, 2.45) is 5.92 Å². The molecule has 0 aliphatic carbocycles. The molecule has 1 unspecified atom stereocenters. The van der Waals surface area contributed by atoms with Crippen LogP contribution in [-0.4, -0.2) is 18.4 Å². The molecule has 0 heterocycles. The summed E-state index contributed by atoms with van der Waals surface area (Å²) in [6, 6.07) is 0. The number of rotatable bonds is 3. The van der Waals surface area contributed by atoms with E-state index in [0.29, 0.717) is 6.29 Å². The van der Waals surface area contributed by atoms with Gasteiger partial charge in [-0.2, -0.15) is 0 Å². The summed E-state index contributed by atoms with van der Waals surface area (Å²) in [4.78, 5) is 20.6. The molecule has 0 saturated heterocycles. The largest absolute Gasteiger partial charge is 0.303 e. The van der Waals surface area contributed by atoms with Crippen LogP contribution < -0.4 is 4.72 Å². The minimum Gasteiger partial charge on any atom is -0.303 e. The number of hydrogen-bond acceptors (Lipinski definition) is 3. The van der Waals surface area contributed by atoms with Crippen LogP contribution in [0.2, 0.25) is 0 Å². The predicted octanol–water partition coefficient (Wildman–Crippen LogP) is 0.216. The third-order valence-corrected chi connectivity index (χ3v) is 1.23. The predicted molar refractivity (Wildman–Crippen MR) is 36.9 cm³/mol. The molecule has 0 aromatic heterocycles. The monoisotopic (exact) mass is 147 g/mol. The van der Waals surface area contributed by atoms with Gasteiger partial charge in [-0.15, -0.1) is 0 Å². The number of carbonyl (C=O) groups excluding carboxylic acids is 2. The fourth-order valence-corrected chi connectivity index (χ4v) is 0.642. The third-order valence-electron chi connectivity index (χ3n) is 0.820. The first kappa shape index (κ1) is 8.49. The molecule has 0 fully saturated rings. The summed E-state index contributed by atoms with van der Waals surface area (Å²) in [6.45, 7) is 1.55. The normalized spacial score (nSPS) is 12.2. The second kappa shape index (κ2) is 4.38. The Bertz CT molecular complexity index is 116. The topological polar surface area (TPSA) is 46.2 Å². The first-order valence-corrected chi connectivity index (χ1v) is 3.73. The fraction of sp³-hybridized carbons (Fsp3) is 0.600. The third kappa shape index (κ3) is 3.13. The van der Waals surface area contributed by atoms with Crippen molar-refractivity contribution in [1.82, 2.24) is 4.72 Å². The zero-order chi connectivity index (χ0) is 7.28. The van der Waals surface area contributed by atoms with Crippen LogP contribution in [0, 0.1) is 5.92 Å². The van der Waals surface area contributed by atoms with Gasteiger partial charge < -0.3 is 4.79 Å². The molecular formula is C5H9NO2S. The van der Waals surface area contributed by atoms with E-state index in [4.69, 9.17) is 0 Å². The highest BCUT2D eigenvalue weighted by Gasteiger charge is 2.08. The molecule has 0 saturated carbocycles. The van der Waals surface area contributed by atoms with Crippen LogP contribution in [0.25, 0.3) is 0 Å². The Morgan fingerprint density at radius 2 is 2.33 bits per heavy atom. The van der Waals surface area contributed by atoms with E-state index >= 15 is 0 Å². The Morgan fingerprint density at radius 3 is 2.67 bits per heavy atom. The molecule has 1 amide bonds. The molecule has 0 aliphatic rings. The molecule has 1 N–H and O–H groups in total. The highest BCUT2D eigenvalue weighted by molar-refractivity contribution is 7.97. The van der Waals surface area contributed by atoms with Gasteiger partial charge in [-0.05, 0) is 6.92 Å². The fourth-order valence-electron chi connectivity index (χ4n) is 0.255. The summed E-state index contributed by atoms with van der Waals surface area (Å²) < 4.78 is 2.44. The molecule has 0 aromatic carbocycles. The van der Waals surface area contributed by atoms with Gasteiger partial charge >= 0.3 is 0 Å². The Kier molecular flexibility index (Phi) is 4.13. The quantitative estimate of drug-likeness (QED) is 0.353. The smallest absolute Gasteiger partial charge is 0.239 e. The first-order valence-electron chi connectivity index (χ1n) is 2.50. The van der Waals surface area contributed by atoms with Crippen molar-refractivity contribution in [2.75, 3.05) is 6.26 Å². The summed E-state index contributed by atoms with van der Waals surface area (Å²) in [5, 5.41) is 0. The number of carbonyl (C=O) groups is 2. The molecule has 0 radical (unpaired) electrons. The lowest BCUT2D eigenvalue weighted by atomic mass is 10.2. The van der Waals surface area contributed by atoms with Crippen molar-refractivity contribution in [3.63, 3.8) is 0 Å². The molecule has 0 spiro atoms. The Morgan fingerprint density at radius 1 is 1.78 bits per heavy atom. The number of amides is 1. The van der Waals surface area contributed by atoms with Crippen LogP contribution in [-0.2, 0) is 9.59 Å². The van der Waals surface area contributed by atoms with Gasteiger partial charge in [0, 0.05) is 6.26 Å². The number of aldehydes is 1. The van der Waals surface area contributed by atoms with E-state index in [1.165, 1.54) is 11.9 Å². The van der Waals surface area contributed by atoms with Gasteiger partial charge in [-0.1, -0.05) is 11.9 Å². The highest BCUT2D eigenvalue weighted by Crippen LogP contribution is 1.91. The zero-order valence-corrected chi connectivity index (χ0v) is 6.20. The summed E-state index contributed by atoms with van der Waals surface area (Å²) >= 11 is 1.19. The van der Waals surface area contributed by atoms with E-state index < -0.39 is 5.92 Å². The molecule has 4 heteroatoms. The van der Waals surface area contributed by atoms with Gasteiger partial charge in [-0.25, -0.2) is 0 Å². The number of nitrogens with one attached hydrogen (secondary N) is 1. The molecule has 1 atom stereocenters. The molecule has 52 valence electrons. The lowest BCUT2D eigenvalue weighted by Crippen LogP contribution is -2.23. The minimum atomic E-state index is -0.530. The summed E-state index contributed by atoms with van der Waals surface area (Å²) in [5.74, 6) is -0.769. The van der Waals surface area contributed by atoms with Gasteiger partial charge in [0.1, 0.15) is 6.29 Å². The van der Waals surface area contributed by atoms with E-state index in [2.05, 4.69) is 4.72 Å². The van der Waals surface area contributed by atoms with Crippen LogP contribution in [0.4, 0.5) is 0 Å². The number of hydrogen-bond donors (Lipinski definition) is 1. The summed E-state index contributed by atoms with van der Waals surface area (Å²) in [5.41, 5.74) is 0. The van der Waals surface area contributed by atoms with Crippen LogP contribution in [0.15, 0.2) is 0 Å². The average molecular weight is 147 g/mol. The van der Waals surface area contributed by atoms with E-state index in [9.17, 15) is 9.59 Å². The van der Waals surface area contributed by atoms with Gasteiger partial charge in [0.2, 0.25) is 5.91 Å². The summed E-state index contributed by atoms with van der Waals surface area (Å²) in [6.07, 6.45) is 2.35. The van der Waals surface area contributed by atoms with Gasteiger partial charge in [0.15, 0.2) is 0 Å². The van der Waals surface area contributed by atoms with Crippen molar-refractivity contribution < 1.29 is 9.59 Å². The molecule has 3 nitrogen and oxygen atoms in total. The Labute approximate surface area is 58.3 Å². The maximum absolute atomic E-state index is 10.6. The Balaban J connectivity index is 3.58. The standard InChI is InChI=1S/C5H9NO2S/c1-4(3-7)5(8)6-9-2/h3-4H,1-2H3,(H,6,8). The van der Waals surface area contributed by atoms with Crippen molar-refractivity contribution in [3.8, 4) is 0 Å². The van der Waals surface area contributed by atoms with Gasteiger partial charge in [-0.3, -0.25) is 9.52 Å². The lowest BCUT2D eigenvalue weighted by molar-refractivity contribution is -0.126. The van der Waals surface area contributed by atoms with Crippen molar-refractivity contribution in [2.45, 2.75) is 6.92 Å². The SMILES string of the molecule is CSNC(=O)C(C)C=O. The second-order valence-electron chi connectivity index (χ2n) is 1.60. The summed E-state index contributed by atoms with van der Waals surface area (Å²) in [7, 11) is 0. The Hall–Kier alpha value is -0.510. The van der Waals surface area contributed by atoms with E-state index in [1.54, 1.807) is 13.2 Å². The van der Waals surface area contributed by atoms with Crippen molar-refractivity contribution >= 4 is 24.1 Å². The molecule has 0 aliphatic heterocycles. The van der Waals surface area contributed by atoms with Crippen molar-refractivity contribution in [1.29, 1.82) is 0 Å². The van der Waals surface area contributed by atoms with E-state index in [0.717, 1.165) is 0 Å². The second-order valence-corrected chi connectivity index (χ2v) is 2.21. The molecule has 0 aromatic rings. The van der Waals surface area contributed by atoms with Crippen LogP contribution >= 0.6 is 11.9 Å². The van der Waals surface area contributed by atoms with Crippen LogP contribution in [0.1, 0.15) is 6.92 Å².